The van der Waals surface area contributed by atoms with Crippen LogP contribution in [0.1, 0.15) is 2.74 Å². The van der Waals surface area contributed by atoms with Gasteiger partial charge in [0.2, 0.25) is 5.79 Å². The number of rotatable bonds is 5. The van der Waals surface area contributed by atoms with Gasteiger partial charge >= 0.3 is 0 Å². The first-order chi connectivity index (χ1) is 11.5. The maximum Gasteiger partial charge on any atom is 0.224 e. The van der Waals surface area contributed by atoms with E-state index in [4.69, 9.17) is 27.2 Å². The predicted octanol–water partition coefficient (Wildman–Crippen LogP) is -5.40. The molecule has 11 nitrogen and oxygen atoms in total. The van der Waals surface area contributed by atoms with E-state index in [-0.39, 0.29) is 0 Å². The summed E-state index contributed by atoms with van der Waals surface area (Å²) in [6.45, 7) is -5.10. The van der Waals surface area contributed by atoms with Gasteiger partial charge in [0.15, 0.2) is 6.29 Å². The van der Waals surface area contributed by atoms with Gasteiger partial charge in [-0.25, -0.2) is 0 Å². The summed E-state index contributed by atoms with van der Waals surface area (Å²) in [4.78, 5) is 0. The summed E-state index contributed by atoms with van der Waals surface area (Å²) in [6.07, 6.45) is -14.5. The second kappa shape index (κ2) is 7.21. The molecule has 11 heteroatoms. The molecule has 0 aromatic heterocycles. The lowest BCUT2D eigenvalue weighted by Crippen LogP contribution is -2.62. The Morgan fingerprint density at radius 2 is 1.48 bits per heavy atom. The highest BCUT2D eigenvalue weighted by molar-refractivity contribution is 4.98. The minimum atomic E-state index is -3.45. The van der Waals surface area contributed by atoms with Crippen LogP contribution < -0.4 is 0 Å². The maximum atomic E-state index is 10.1. The summed E-state index contributed by atoms with van der Waals surface area (Å²) < 4.78 is 30.0. The Morgan fingerprint density at radius 3 is 1.96 bits per heavy atom. The molecule has 0 radical (unpaired) electrons. The Hall–Kier alpha value is -0.440. The Labute approximate surface area is 133 Å². The third-order valence-electron chi connectivity index (χ3n) is 3.90. The fourth-order valence-corrected chi connectivity index (χ4v) is 2.49. The predicted molar refractivity (Wildman–Crippen MR) is 68.6 cm³/mol. The summed E-state index contributed by atoms with van der Waals surface area (Å²) >= 11 is 0. The van der Waals surface area contributed by atoms with Gasteiger partial charge in [0.1, 0.15) is 49.3 Å². The number of aliphatic hydroxyl groups excluding tert-OH is 7. The molecule has 0 aliphatic carbocycles. The highest BCUT2D eigenvalue weighted by Crippen LogP contribution is 2.35. The first-order valence-corrected chi connectivity index (χ1v) is 6.85. The molecule has 9 atom stereocenters. The van der Waals surface area contributed by atoms with E-state index >= 15 is 0 Å². The van der Waals surface area contributed by atoms with Crippen molar-refractivity contribution in [3.8, 4) is 0 Å². The van der Waals surface area contributed by atoms with Crippen molar-refractivity contribution in [2.24, 2.45) is 0 Å². The Bertz CT molecular complexity index is 461. The van der Waals surface area contributed by atoms with Gasteiger partial charge in [-0.3, -0.25) is 0 Å². The average Bonchev–Trinajstić information content (AvgIpc) is 2.80. The topological polar surface area (TPSA) is 190 Å². The Kier molecular flexibility index (Phi) is 5.03. The van der Waals surface area contributed by atoms with Gasteiger partial charge in [0.05, 0.1) is 16.0 Å². The van der Waals surface area contributed by atoms with Crippen LogP contribution in [0.25, 0.3) is 0 Å². The van der Waals surface area contributed by atoms with E-state index < -0.39 is 74.6 Å². The number of hydrogen-bond donors (Lipinski definition) is 8. The van der Waals surface area contributed by atoms with Crippen LogP contribution in [0.5, 0.6) is 0 Å². The van der Waals surface area contributed by atoms with E-state index in [1.807, 2.05) is 0 Å². The van der Waals surface area contributed by atoms with E-state index in [1.165, 1.54) is 0 Å². The monoisotopic (exact) mass is 346 g/mol. The van der Waals surface area contributed by atoms with Crippen molar-refractivity contribution in [1.29, 1.82) is 0 Å². The highest BCUT2D eigenvalue weighted by Gasteiger charge is 2.58. The van der Waals surface area contributed by atoms with E-state index in [9.17, 15) is 30.6 Å². The zero-order valence-corrected chi connectivity index (χ0v) is 11.8. The second-order valence-electron chi connectivity index (χ2n) is 5.37. The van der Waals surface area contributed by atoms with Gasteiger partial charge in [-0.05, 0) is 0 Å². The Morgan fingerprint density at radius 1 is 0.870 bits per heavy atom. The SMILES string of the molecule is [3H]C([3H])(O)[C@@]1(O[C@@H]2O[C@@H](CO)[C@H](O)[C@@H](O)[C@@H]2O)O[C@@H](CO)[C@H](O)[C@H]1O. The van der Waals surface area contributed by atoms with Crippen LogP contribution in [-0.4, -0.2) is 115 Å². The number of aliphatic hydroxyl groups is 8. The molecular formula is C12H22O11. The van der Waals surface area contributed by atoms with Crippen molar-refractivity contribution in [3.05, 3.63) is 0 Å². The molecule has 2 fully saturated rings. The molecule has 2 aliphatic heterocycles. The lowest BCUT2D eigenvalue weighted by atomic mass is 9.99. The summed E-state index contributed by atoms with van der Waals surface area (Å²) in [5, 5.41) is 77.3. The summed E-state index contributed by atoms with van der Waals surface area (Å²) in [5.74, 6) is -2.99. The first-order valence-electron chi connectivity index (χ1n) is 7.85. The largest absolute Gasteiger partial charge is 0.394 e. The standard InChI is InChI=1S/C12H22O11/c13-1-4-6(16)8(18)9(19)11(21-4)23-12(3-15)10(20)7(17)5(2-14)22-12/h4-11,13-20H,1-3H2/t4-,5-,6-,7-,8+,9-,10+,11-,12-/m0/s1/i3T2. The van der Waals surface area contributed by atoms with E-state index in [1.54, 1.807) is 0 Å². The van der Waals surface area contributed by atoms with Gasteiger partial charge < -0.3 is 55.1 Å². The van der Waals surface area contributed by atoms with Gasteiger partial charge in [0, 0.05) is 0 Å². The summed E-state index contributed by atoms with van der Waals surface area (Å²) in [6, 6.07) is 0. The number of ether oxygens (including phenoxy) is 3. The molecular weight excluding hydrogens is 320 g/mol. The molecule has 0 spiro atoms. The van der Waals surface area contributed by atoms with E-state index in [0.717, 1.165) is 0 Å². The first kappa shape index (κ1) is 16.1. The molecule has 0 amide bonds. The van der Waals surface area contributed by atoms with Crippen LogP contribution in [0.4, 0.5) is 0 Å². The normalized spacial score (nSPS) is 53.0. The minimum absolute atomic E-state index is 0.797. The van der Waals surface area contributed by atoms with Crippen molar-refractivity contribution in [2.45, 2.75) is 54.8 Å². The van der Waals surface area contributed by atoms with Gasteiger partial charge in [-0.1, -0.05) is 0 Å². The molecule has 0 unspecified atom stereocenters. The molecule has 2 aliphatic rings. The van der Waals surface area contributed by atoms with Crippen molar-refractivity contribution in [3.63, 3.8) is 0 Å². The third-order valence-corrected chi connectivity index (χ3v) is 3.90. The molecule has 0 saturated carbocycles. The van der Waals surface area contributed by atoms with Crippen LogP contribution in [0.2, 0.25) is 0 Å². The van der Waals surface area contributed by atoms with Crippen LogP contribution in [0.15, 0.2) is 0 Å². The highest BCUT2D eigenvalue weighted by atomic mass is 16.8. The van der Waals surface area contributed by atoms with Crippen LogP contribution in [-0.2, 0) is 14.2 Å². The third kappa shape index (κ3) is 3.23. The van der Waals surface area contributed by atoms with Crippen molar-refractivity contribution >= 4 is 0 Å². The quantitative estimate of drug-likeness (QED) is 0.237. The van der Waals surface area contributed by atoms with Crippen LogP contribution in [0, 0.1) is 0 Å². The molecule has 0 aromatic carbocycles. The number of hydrogen-bond acceptors (Lipinski definition) is 11. The van der Waals surface area contributed by atoms with Crippen molar-refractivity contribution < 1.29 is 57.8 Å². The average molecular weight is 346 g/mol. The van der Waals surface area contributed by atoms with Crippen molar-refractivity contribution in [1.82, 2.24) is 0 Å². The zero-order valence-electron chi connectivity index (χ0n) is 13.8. The molecule has 2 saturated heterocycles. The van der Waals surface area contributed by atoms with Gasteiger partial charge in [-0.2, -0.15) is 0 Å². The second-order valence-corrected chi connectivity index (χ2v) is 5.37. The molecule has 0 bridgehead atoms. The maximum absolute atomic E-state index is 10.1. The Balaban J connectivity index is 2.32. The fraction of sp³-hybridized carbons (Fsp3) is 1.00. The van der Waals surface area contributed by atoms with Gasteiger partial charge in [-0.15, -0.1) is 0 Å². The summed E-state index contributed by atoms with van der Waals surface area (Å²) in [7, 11) is 0. The molecule has 23 heavy (non-hydrogen) atoms. The molecule has 2 heterocycles. The molecule has 136 valence electrons. The van der Waals surface area contributed by atoms with Crippen LogP contribution in [0.3, 0.4) is 0 Å². The zero-order chi connectivity index (χ0) is 19.2. The smallest absolute Gasteiger partial charge is 0.224 e. The lowest BCUT2D eigenvalue weighted by molar-refractivity contribution is -0.383. The molecule has 8 N–H and O–H groups in total. The molecule has 2 rings (SSSR count). The molecule has 0 aromatic rings. The van der Waals surface area contributed by atoms with Crippen LogP contribution >= 0.6 is 0 Å². The summed E-state index contributed by atoms with van der Waals surface area (Å²) in [5.41, 5.74) is 0. The minimum Gasteiger partial charge on any atom is -0.394 e. The lowest BCUT2D eigenvalue weighted by Gasteiger charge is -2.43. The fourth-order valence-electron chi connectivity index (χ4n) is 2.49. The van der Waals surface area contributed by atoms with Crippen molar-refractivity contribution in [2.75, 3.05) is 19.8 Å². The van der Waals surface area contributed by atoms with Gasteiger partial charge in [0.25, 0.3) is 0 Å². The van der Waals surface area contributed by atoms with E-state index in [0.29, 0.717) is 0 Å². The van der Waals surface area contributed by atoms with E-state index in [2.05, 4.69) is 0 Å².